The Morgan fingerprint density at radius 2 is 2.10 bits per heavy atom. The first-order chi connectivity index (χ1) is 9.49. The lowest BCUT2D eigenvalue weighted by atomic mass is 10.1. The standard InChI is InChI=1S/C14H13Cl2N3O/c1-8(12-4-2-3-5-18-12)19-14(20)10-6-9(17)7-11(15)13(10)16/h2-8H,17H2,1H3,(H,19,20). The third-order valence-corrected chi connectivity index (χ3v) is 3.58. The second-order valence-corrected chi connectivity index (χ2v) is 5.10. The number of amides is 1. The van der Waals surface area contributed by atoms with Crippen molar-refractivity contribution in [3.05, 3.63) is 57.8 Å². The highest BCUT2D eigenvalue weighted by atomic mass is 35.5. The fraction of sp³-hybridized carbons (Fsp3) is 0.143. The topological polar surface area (TPSA) is 68.0 Å². The van der Waals surface area contributed by atoms with Crippen molar-refractivity contribution in [2.24, 2.45) is 0 Å². The van der Waals surface area contributed by atoms with Crippen LogP contribution < -0.4 is 11.1 Å². The van der Waals surface area contributed by atoms with E-state index in [-0.39, 0.29) is 27.6 Å². The van der Waals surface area contributed by atoms with Crippen molar-refractivity contribution in [2.75, 3.05) is 5.73 Å². The second-order valence-electron chi connectivity index (χ2n) is 4.31. The number of nitrogens with one attached hydrogen (secondary N) is 1. The van der Waals surface area contributed by atoms with Gasteiger partial charge in [0.25, 0.3) is 5.91 Å². The van der Waals surface area contributed by atoms with Crippen LogP contribution in [0.15, 0.2) is 36.5 Å². The van der Waals surface area contributed by atoms with E-state index in [1.165, 1.54) is 12.1 Å². The zero-order chi connectivity index (χ0) is 14.7. The lowest BCUT2D eigenvalue weighted by Crippen LogP contribution is -2.27. The van der Waals surface area contributed by atoms with Gasteiger partial charge in [0.1, 0.15) is 0 Å². The summed E-state index contributed by atoms with van der Waals surface area (Å²) in [4.78, 5) is 16.4. The summed E-state index contributed by atoms with van der Waals surface area (Å²) in [7, 11) is 0. The largest absolute Gasteiger partial charge is 0.399 e. The number of nitrogens with two attached hydrogens (primary N) is 1. The molecule has 3 N–H and O–H groups in total. The Labute approximate surface area is 126 Å². The molecule has 0 spiro atoms. The molecule has 2 aromatic rings. The SMILES string of the molecule is CC(NC(=O)c1cc(N)cc(Cl)c1Cl)c1ccccn1. The molecule has 2 rings (SSSR count). The summed E-state index contributed by atoms with van der Waals surface area (Å²) in [5.41, 5.74) is 7.06. The summed E-state index contributed by atoms with van der Waals surface area (Å²) in [5.74, 6) is -0.345. The number of pyridine rings is 1. The molecule has 0 aliphatic carbocycles. The molecule has 1 atom stereocenters. The van der Waals surface area contributed by atoms with Gasteiger partial charge in [-0.1, -0.05) is 29.3 Å². The second kappa shape index (κ2) is 6.11. The van der Waals surface area contributed by atoms with E-state index in [0.717, 1.165) is 5.69 Å². The average molecular weight is 310 g/mol. The van der Waals surface area contributed by atoms with Crippen LogP contribution in [0.2, 0.25) is 10.0 Å². The highest BCUT2D eigenvalue weighted by Gasteiger charge is 2.17. The van der Waals surface area contributed by atoms with Gasteiger partial charge in [-0.2, -0.15) is 0 Å². The van der Waals surface area contributed by atoms with Gasteiger partial charge in [0.05, 0.1) is 27.3 Å². The zero-order valence-corrected chi connectivity index (χ0v) is 12.2. The minimum absolute atomic E-state index is 0.187. The Balaban J connectivity index is 2.21. The Kier molecular flexibility index (Phi) is 4.47. The van der Waals surface area contributed by atoms with E-state index < -0.39 is 0 Å². The molecule has 0 saturated carbocycles. The molecule has 1 amide bonds. The van der Waals surface area contributed by atoms with Crippen molar-refractivity contribution in [1.29, 1.82) is 0 Å². The van der Waals surface area contributed by atoms with E-state index >= 15 is 0 Å². The Hall–Kier alpha value is -1.78. The Morgan fingerprint density at radius 1 is 1.35 bits per heavy atom. The van der Waals surface area contributed by atoms with Crippen molar-refractivity contribution in [3.8, 4) is 0 Å². The van der Waals surface area contributed by atoms with Gasteiger partial charge in [0.15, 0.2) is 0 Å². The van der Waals surface area contributed by atoms with Crippen molar-refractivity contribution < 1.29 is 4.79 Å². The normalized spacial score (nSPS) is 11.9. The lowest BCUT2D eigenvalue weighted by Gasteiger charge is -2.14. The van der Waals surface area contributed by atoms with Crippen LogP contribution in [0.1, 0.15) is 29.0 Å². The van der Waals surface area contributed by atoms with Gasteiger partial charge in [-0.05, 0) is 31.2 Å². The summed E-state index contributed by atoms with van der Waals surface area (Å²) in [6.45, 7) is 1.84. The molecule has 1 aromatic heterocycles. The van der Waals surface area contributed by atoms with Gasteiger partial charge in [-0.3, -0.25) is 9.78 Å². The number of aromatic nitrogens is 1. The Morgan fingerprint density at radius 3 is 2.75 bits per heavy atom. The number of halogens is 2. The molecule has 0 bridgehead atoms. The third kappa shape index (κ3) is 3.21. The molecule has 0 saturated heterocycles. The quantitative estimate of drug-likeness (QED) is 0.853. The highest BCUT2D eigenvalue weighted by molar-refractivity contribution is 6.44. The number of hydrogen-bond acceptors (Lipinski definition) is 3. The Bertz CT molecular complexity index is 632. The minimum atomic E-state index is -0.345. The summed E-state index contributed by atoms with van der Waals surface area (Å²) in [6.07, 6.45) is 1.67. The van der Waals surface area contributed by atoms with E-state index in [1.54, 1.807) is 6.20 Å². The predicted octanol–water partition coefficient (Wildman–Crippen LogP) is 3.46. The van der Waals surface area contributed by atoms with E-state index in [9.17, 15) is 4.79 Å². The number of anilines is 1. The summed E-state index contributed by atoms with van der Waals surface area (Å²) in [5, 5.41) is 3.25. The van der Waals surface area contributed by atoms with Gasteiger partial charge in [0, 0.05) is 11.9 Å². The maximum absolute atomic E-state index is 12.2. The number of carbonyl (C=O) groups is 1. The molecule has 104 valence electrons. The molecule has 1 aromatic carbocycles. The molecule has 0 fully saturated rings. The van der Waals surface area contributed by atoms with Gasteiger partial charge in [0.2, 0.25) is 0 Å². The molecule has 1 heterocycles. The van der Waals surface area contributed by atoms with Gasteiger partial charge >= 0.3 is 0 Å². The first kappa shape index (κ1) is 14.6. The molecule has 0 aliphatic heterocycles. The van der Waals surface area contributed by atoms with Crippen molar-refractivity contribution >= 4 is 34.8 Å². The monoisotopic (exact) mass is 309 g/mol. The van der Waals surface area contributed by atoms with Crippen molar-refractivity contribution in [3.63, 3.8) is 0 Å². The van der Waals surface area contributed by atoms with Gasteiger partial charge < -0.3 is 11.1 Å². The minimum Gasteiger partial charge on any atom is -0.399 e. The van der Waals surface area contributed by atoms with Crippen LogP contribution >= 0.6 is 23.2 Å². The molecule has 20 heavy (non-hydrogen) atoms. The van der Waals surface area contributed by atoms with Gasteiger partial charge in [-0.15, -0.1) is 0 Å². The number of hydrogen-bond donors (Lipinski definition) is 2. The summed E-state index contributed by atoms with van der Waals surface area (Å²) in [6, 6.07) is 8.25. The summed E-state index contributed by atoms with van der Waals surface area (Å²) >= 11 is 11.9. The molecular weight excluding hydrogens is 297 g/mol. The van der Waals surface area contributed by atoms with Crippen LogP contribution in [-0.4, -0.2) is 10.9 Å². The predicted molar refractivity (Wildman–Crippen MR) is 81.0 cm³/mol. The fourth-order valence-corrected chi connectivity index (χ4v) is 2.18. The lowest BCUT2D eigenvalue weighted by molar-refractivity contribution is 0.0939. The molecule has 0 aliphatic rings. The number of benzene rings is 1. The number of nitrogen functional groups attached to an aromatic ring is 1. The molecule has 4 nitrogen and oxygen atoms in total. The molecular formula is C14H13Cl2N3O. The van der Waals surface area contributed by atoms with Crippen LogP contribution in [0.4, 0.5) is 5.69 Å². The van der Waals surface area contributed by atoms with Gasteiger partial charge in [-0.25, -0.2) is 0 Å². The van der Waals surface area contributed by atoms with Crippen LogP contribution in [0.25, 0.3) is 0 Å². The third-order valence-electron chi connectivity index (χ3n) is 2.77. The van der Waals surface area contributed by atoms with Crippen LogP contribution in [0.5, 0.6) is 0 Å². The first-order valence-corrected chi connectivity index (χ1v) is 6.71. The molecule has 1 unspecified atom stereocenters. The van der Waals surface area contributed by atoms with E-state index in [2.05, 4.69) is 10.3 Å². The van der Waals surface area contributed by atoms with Crippen LogP contribution in [-0.2, 0) is 0 Å². The molecule has 0 radical (unpaired) electrons. The van der Waals surface area contributed by atoms with Crippen LogP contribution in [0, 0.1) is 0 Å². The number of rotatable bonds is 3. The van der Waals surface area contributed by atoms with Crippen molar-refractivity contribution in [2.45, 2.75) is 13.0 Å². The highest BCUT2D eigenvalue weighted by Crippen LogP contribution is 2.29. The van der Waals surface area contributed by atoms with Crippen molar-refractivity contribution in [1.82, 2.24) is 10.3 Å². The summed E-state index contributed by atoms with van der Waals surface area (Å²) < 4.78 is 0. The average Bonchev–Trinajstić information content (AvgIpc) is 2.43. The maximum atomic E-state index is 12.2. The van der Waals surface area contributed by atoms with E-state index in [0.29, 0.717) is 5.69 Å². The number of nitrogens with zero attached hydrogens (tertiary/aromatic N) is 1. The maximum Gasteiger partial charge on any atom is 0.253 e. The smallest absolute Gasteiger partial charge is 0.253 e. The fourth-order valence-electron chi connectivity index (χ4n) is 1.76. The van der Waals surface area contributed by atoms with E-state index in [4.69, 9.17) is 28.9 Å². The first-order valence-electron chi connectivity index (χ1n) is 5.95. The zero-order valence-electron chi connectivity index (χ0n) is 10.7. The van der Waals surface area contributed by atoms with Crippen LogP contribution in [0.3, 0.4) is 0 Å². The molecule has 6 heteroatoms. The number of carbonyl (C=O) groups excluding carboxylic acids is 1. The van der Waals surface area contributed by atoms with E-state index in [1.807, 2.05) is 25.1 Å².